The Morgan fingerprint density at radius 2 is 2.03 bits per heavy atom. The van der Waals surface area contributed by atoms with Crippen LogP contribution in [-0.4, -0.2) is 54.4 Å². The minimum atomic E-state index is 0. The fourth-order valence-corrected chi connectivity index (χ4v) is 3.05. The molecular weight excluding hydrogens is 491 g/mol. The molecule has 0 radical (unpaired) electrons. The average Bonchev–Trinajstić information content (AvgIpc) is 3.11. The molecule has 8 heteroatoms. The highest BCUT2D eigenvalue weighted by atomic mass is 127. The first-order valence-corrected chi connectivity index (χ1v) is 10.3. The number of aliphatic imine (C=N–C) groups is 1. The molecule has 1 unspecified atom stereocenters. The number of guanidine groups is 1. The van der Waals surface area contributed by atoms with Gasteiger partial charge >= 0.3 is 0 Å². The van der Waals surface area contributed by atoms with Gasteiger partial charge in [0.25, 0.3) is 0 Å². The van der Waals surface area contributed by atoms with Gasteiger partial charge in [0.2, 0.25) is 0 Å². The van der Waals surface area contributed by atoms with Crippen molar-refractivity contribution in [2.24, 2.45) is 12.0 Å². The molecule has 0 aliphatic rings. The second-order valence-corrected chi connectivity index (χ2v) is 7.46. The Morgan fingerprint density at radius 3 is 2.63 bits per heavy atom. The fourth-order valence-electron chi connectivity index (χ4n) is 3.05. The first kappa shape index (κ1) is 26.2. The molecule has 0 fully saturated rings. The number of aryl methyl sites for hydroxylation is 2. The van der Waals surface area contributed by atoms with Gasteiger partial charge in [-0.1, -0.05) is 19.1 Å². The van der Waals surface area contributed by atoms with Crippen LogP contribution in [0.15, 0.2) is 35.6 Å². The van der Waals surface area contributed by atoms with Gasteiger partial charge in [0.05, 0.1) is 25.4 Å². The topological polar surface area (TPSA) is 66.7 Å². The van der Waals surface area contributed by atoms with Gasteiger partial charge in [0.1, 0.15) is 5.75 Å². The summed E-state index contributed by atoms with van der Waals surface area (Å²) in [6.45, 7) is 9.09. The molecule has 0 aliphatic heterocycles. The van der Waals surface area contributed by atoms with E-state index in [2.05, 4.69) is 79.9 Å². The second kappa shape index (κ2) is 13.5. The predicted octanol–water partition coefficient (Wildman–Crippen LogP) is 3.49. The fraction of sp³-hybridized carbons (Fsp3) is 0.545. The van der Waals surface area contributed by atoms with Crippen LogP contribution in [0.1, 0.15) is 43.0 Å². The smallest absolute Gasteiger partial charge is 0.191 e. The number of hydrogen-bond acceptors (Lipinski definition) is 4. The van der Waals surface area contributed by atoms with E-state index in [1.807, 2.05) is 17.9 Å². The number of nitrogens with one attached hydrogen (secondary N) is 2. The third-order valence-electron chi connectivity index (χ3n) is 4.63. The van der Waals surface area contributed by atoms with Crippen molar-refractivity contribution in [3.05, 3.63) is 47.3 Å². The van der Waals surface area contributed by atoms with Crippen molar-refractivity contribution in [2.45, 2.75) is 39.8 Å². The average molecular weight is 528 g/mol. The van der Waals surface area contributed by atoms with E-state index in [9.17, 15) is 0 Å². The SMILES string of the molecule is CCCOc1cc(C)ccc1CN=C(NCC)NCC(c1cnn(C)c1)N(C)C.I. The maximum Gasteiger partial charge on any atom is 0.191 e. The first-order valence-electron chi connectivity index (χ1n) is 10.3. The molecule has 0 saturated heterocycles. The van der Waals surface area contributed by atoms with Gasteiger partial charge in [-0.15, -0.1) is 24.0 Å². The van der Waals surface area contributed by atoms with Crippen molar-refractivity contribution in [3.8, 4) is 5.75 Å². The monoisotopic (exact) mass is 528 g/mol. The van der Waals surface area contributed by atoms with Crippen molar-refractivity contribution < 1.29 is 4.74 Å². The number of likely N-dealkylation sites (N-methyl/N-ethyl adjacent to an activating group) is 1. The van der Waals surface area contributed by atoms with Gasteiger partial charge in [-0.25, -0.2) is 4.99 Å². The van der Waals surface area contributed by atoms with E-state index in [-0.39, 0.29) is 30.0 Å². The number of hydrogen-bond donors (Lipinski definition) is 2. The summed E-state index contributed by atoms with van der Waals surface area (Å²) in [6, 6.07) is 6.50. The Bertz CT molecular complexity index is 790. The zero-order chi connectivity index (χ0) is 21.2. The molecule has 0 saturated carbocycles. The summed E-state index contributed by atoms with van der Waals surface area (Å²) in [5.41, 5.74) is 3.46. The lowest BCUT2D eigenvalue weighted by Gasteiger charge is -2.24. The third kappa shape index (κ3) is 8.14. The van der Waals surface area contributed by atoms with Crippen LogP contribution in [0.2, 0.25) is 0 Å². The number of nitrogens with zero attached hydrogens (tertiary/aromatic N) is 4. The van der Waals surface area contributed by atoms with Crippen molar-refractivity contribution in [1.29, 1.82) is 0 Å². The van der Waals surface area contributed by atoms with Crippen LogP contribution in [-0.2, 0) is 13.6 Å². The van der Waals surface area contributed by atoms with Crippen LogP contribution < -0.4 is 15.4 Å². The molecule has 2 N–H and O–H groups in total. The van der Waals surface area contributed by atoms with E-state index in [1.165, 1.54) is 11.1 Å². The Morgan fingerprint density at radius 1 is 1.27 bits per heavy atom. The van der Waals surface area contributed by atoms with Crippen LogP contribution in [0, 0.1) is 6.92 Å². The highest BCUT2D eigenvalue weighted by Gasteiger charge is 2.16. The van der Waals surface area contributed by atoms with Gasteiger partial charge in [-0.2, -0.15) is 5.10 Å². The van der Waals surface area contributed by atoms with Crippen molar-refractivity contribution in [2.75, 3.05) is 33.8 Å². The Hall–Kier alpha value is -1.81. The molecule has 1 aromatic heterocycles. The molecule has 0 spiro atoms. The van der Waals surface area contributed by atoms with Gasteiger partial charge in [-0.3, -0.25) is 4.68 Å². The van der Waals surface area contributed by atoms with Crippen LogP contribution in [0.4, 0.5) is 0 Å². The second-order valence-electron chi connectivity index (χ2n) is 7.46. The van der Waals surface area contributed by atoms with E-state index in [1.54, 1.807) is 0 Å². The summed E-state index contributed by atoms with van der Waals surface area (Å²) in [5.74, 6) is 1.72. The van der Waals surface area contributed by atoms with Crippen LogP contribution >= 0.6 is 24.0 Å². The minimum Gasteiger partial charge on any atom is -0.493 e. The number of benzene rings is 1. The molecule has 168 valence electrons. The molecular formula is C22H37IN6O. The van der Waals surface area contributed by atoms with Crippen molar-refractivity contribution in [3.63, 3.8) is 0 Å². The third-order valence-corrected chi connectivity index (χ3v) is 4.63. The Balaban J connectivity index is 0.00000450. The van der Waals surface area contributed by atoms with Crippen molar-refractivity contribution in [1.82, 2.24) is 25.3 Å². The summed E-state index contributed by atoms with van der Waals surface area (Å²) in [7, 11) is 6.09. The Kier molecular flexibility index (Phi) is 11.8. The van der Waals surface area contributed by atoms with Crippen molar-refractivity contribution >= 4 is 29.9 Å². The molecule has 1 atom stereocenters. The van der Waals surface area contributed by atoms with E-state index >= 15 is 0 Å². The van der Waals surface area contributed by atoms with Crippen LogP contribution in [0.25, 0.3) is 0 Å². The molecule has 2 aromatic rings. The van der Waals surface area contributed by atoms with Gasteiger partial charge in [0.15, 0.2) is 5.96 Å². The lowest BCUT2D eigenvalue weighted by Crippen LogP contribution is -2.41. The highest BCUT2D eigenvalue weighted by molar-refractivity contribution is 14.0. The van der Waals surface area contributed by atoms with E-state index in [0.717, 1.165) is 36.8 Å². The number of halogens is 1. The zero-order valence-electron chi connectivity index (χ0n) is 19.1. The molecule has 7 nitrogen and oxygen atoms in total. The molecule has 0 amide bonds. The van der Waals surface area contributed by atoms with E-state index < -0.39 is 0 Å². The number of rotatable bonds is 10. The van der Waals surface area contributed by atoms with Gasteiger partial charge in [-0.05, 0) is 46.0 Å². The first-order chi connectivity index (χ1) is 13.9. The van der Waals surface area contributed by atoms with Crippen LogP contribution in [0.5, 0.6) is 5.75 Å². The molecule has 1 aromatic carbocycles. The zero-order valence-corrected chi connectivity index (χ0v) is 21.4. The summed E-state index contributed by atoms with van der Waals surface area (Å²) >= 11 is 0. The standard InChI is InChI=1S/C22H36N6O.HI/c1-7-11-29-21-12-17(3)9-10-18(21)13-24-22(23-8-2)25-15-20(27(4)5)19-14-26-28(6)16-19;/h9-10,12,14,16,20H,7-8,11,13,15H2,1-6H3,(H2,23,24,25);1H. The predicted molar refractivity (Wildman–Crippen MR) is 135 cm³/mol. The largest absolute Gasteiger partial charge is 0.493 e. The molecule has 2 rings (SSSR count). The van der Waals surface area contributed by atoms with E-state index in [4.69, 9.17) is 9.73 Å². The quantitative estimate of drug-likeness (QED) is 0.281. The van der Waals surface area contributed by atoms with Gasteiger partial charge < -0.3 is 20.3 Å². The lowest BCUT2D eigenvalue weighted by atomic mass is 10.1. The summed E-state index contributed by atoms with van der Waals surface area (Å²) in [4.78, 5) is 6.97. The van der Waals surface area contributed by atoms with E-state index in [0.29, 0.717) is 13.2 Å². The number of ether oxygens (including phenoxy) is 1. The van der Waals surface area contributed by atoms with Gasteiger partial charge in [0, 0.05) is 37.5 Å². The molecule has 0 aliphatic carbocycles. The Labute approximate surface area is 198 Å². The number of aromatic nitrogens is 2. The highest BCUT2D eigenvalue weighted by Crippen LogP contribution is 2.21. The summed E-state index contributed by atoms with van der Waals surface area (Å²) in [5, 5.41) is 11.1. The maximum absolute atomic E-state index is 5.92. The lowest BCUT2D eigenvalue weighted by molar-refractivity contribution is 0.298. The summed E-state index contributed by atoms with van der Waals surface area (Å²) in [6.07, 6.45) is 4.96. The molecule has 0 bridgehead atoms. The molecule has 1 heterocycles. The minimum absolute atomic E-state index is 0. The van der Waals surface area contributed by atoms with Crippen LogP contribution in [0.3, 0.4) is 0 Å². The maximum atomic E-state index is 5.92. The molecule has 30 heavy (non-hydrogen) atoms. The summed E-state index contributed by atoms with van der Waals surface area (Å²) < 4.78 is 7.76. The normalized spacial score (nSPS) is 12.4.